The third-order valence-electron chi connectivity index (χ3n) is 5.76. The molecule has 5 heteroatoms. The lowest BCUT2D eigenvalue weighted by atomic mass is 9.98. The van der Waals surface area contributed by atoms with E-state index in [-0.39, 0.29) is 5.91 Å². The van der Waals surface area contributed by atoms with Crippen molar-refractivity contribution >= 4 is 5.91 Å². The molecule has 1 aromatic rings. The third-order valence-corrected chi connectivity index (χ3v) is 5.76. The van der Waals surface area contributed by atoms with Crippen LogP contribution in [0.15, 0.2) is 30.3 Å². The number of likely N-dealkylation sites (tertiary alicyclic amines) is 1. The van der Waals surface area contributed by atoms with E-state index in [9.17, 15) is 9.90 Å². The van der Waals surface area contributed by atoms with Gasteiger partial charge in [-0.15, -0.1) is 0 Å². The summed E-state index contributed by atoms with van der Waals surface area (Å²) in [6, 6.07) is 10.3. The number of benzene rings is 1. The Morgan fingerprint density at radius 1 is 1.12 bits per heavy atom. The number of hydrogen-bond acceptors (Lipinski definition) is 4. The Bertz CT molecular complexity index is 545. The fraction of sp³-hybridized carbons (Fsp3) is 0.667. The van der Waals surface area contributed by atoms with E-state index >= 15 is 0 Å². The molecule has 0 spiro atoms. The molecule has 2 aliphatic rings. The van der Waals surface area contributed by atoms with Crippen molar-refractivity contribution in [3.8, 4) is 0 Å². The summed E-state index contributed by atoms with van der Waals surface area (Å²) in [7, 11) is 0. The van der Waals surface area contributed by atoms with E-state index in [1.807, 2.05) is 35.2 Å². The van der Waals surface area contributed by atoms with Crippen molar-refractivity contribution in [3.63, 3.8) is 0 Å². The van der Waals surface area contributed by atoms with Crippen LogP contribution < -0.4 is 5.32 Å². The lowest BCUT2D eigenvalue weighted by molar-refractivity contribution is -0.132. The van der Waals surface area contributed by atoms with Crippen molar-refractivity contribution in [1.29, 1.82) is 0 Å². The molecule has 0 bridgehead atoms. The van der Waals surface area contributed by atoms with Gasteiger partial charge in [-0.3, -0.25) is 9.69 Å². The fourth-order valence-corrected chi connectivity index (χ4v) is 4.18. The van der Waals surface area contributed by atoms with Gasteiger partial charge in [0.1, 0.15) is 0 Å². The maximum absolute atomic E-state index is 12.5. The number of aliphatic hydroxyl groups excluding tert-OH is 1. The lowest BCUT2D eigenvalue weighted by Gasteiger charge is -2.33. The van der Waals surface area contributed by atoms with Crippen molar-refractivity contribution < 1.29 is 9.90 Å². The quantitative estimate of drug-likeness (QED) is 0.817. The van der Waals surface area contributed by atoms with Crippen LogP contribution in [-0.4, -0.2) is 66.1 Å². The van der Waals surface area contributed by atoms with E-state index in [2.05, 4.69) is 10.2 Å². The second-order valence-electron chi connectivity index (χ2n) is 7.58. The first-order valence-electron chi connectivity index (χ1n) is 10.2. The lowest BCUT2D eigenvalue weighted by Crippen LogP contribution is -2.47. The molecule has 144 valence electrons. The highest BCUT2D eigenvalue weighted by atomic mass is 16.3. The second-order valence-corrected chi connectivity index (χ2v) is 7.58. The van der Waals surface area contributed by atoms with Gasteiger partial charge in [-0.2, -0.15) is 0 Å². The highest BCUT2D eigenvalue weighted by Gasteiger charge is 2.25. The zero-order chi connectivity index (χ0) is 18.2. The van der Waals surface area contributed by atoms with Crippen LogP contribution in [-0.2, 0) is 4.79 Å². The van der Waals surface area contributed by atoms with E-state index in [1.165, 1.54) is 19.3 Å². The molecule has 2 atom stereocenters. The van der Waals surface area contributed by atoms with Gasteiger partial charge in [0.15, 0.2) is 0 Å². The minimum Gasteiger partial charge on any atom is -0.388 e. The van der Waals surface area contributed by atoms with Gasteiger partial charge in [0.05, 0.1) is 6.10 Å². The molecule has 3 rings (SSSR count). The number of hydrogen-bond donors (Lipinski definition) is 2. The first-order valence-corrected chi connectivity index (χ1v) is 10.2. The molecule has 0 saturated carbocycles. The smallest absolute Gasteiger partial charge is 0.223 e. The SMILES string of the molecule is O=C(CCN1CCCCCC1CC(O)c1ccccc1)N1CCNCC1. The number of aliphatic hydroxyl groups is 1. The Labute approximate surface area is 157 Å². The monoisotopic (exact) mass is 359 g/mol. The summed E-state index contributed by atoms with van der Waals surface area (Å²) in [4.78, 5) is 16.9. The van der Waals surface area contributed by atoms with Gasteiger partial charge in [-0.05, 0) is 31.4 Å². The van der Waals surface area contributed by atoms with Crippen molar-refractivity contribution in [2.24, 2.45) is 0 Å². The molecule has 2 heterocycles. The van der Waals surface area contributed by atoms with Crippen molar-refractivity contribution in [3.05, 3.63) is 35.9 Å². The van der Waals surface area contributed by atoms with Gasteiger partial charge in [-0.1, -0.05) is 43.2 Å². The predicted octanol–water partition coefficient (Wildman–Crippen LogP) is 2.18. The zero-order valence-electron chi connectivity index (χ0n) is 15.8. The normalized spacial score (nSPS) is 23.4. The molecule has 1 aromatic carbocycles. The number of piperazine rings is 1. The van der Waals surface area contributed by atoms with Crippen molar-refractivity contribution in [2.45, 2.75) is 50.7 Å². The molecule has 2 unspecified atom stereocenters. The van der Waals surface area contributed by atoms with Crippen LogP contribution in [0, 0.1) is 0 Å². The van der Waals surface area contributed by atoms with Gasteiger partial charge in [0.2, 0.25) is 5.91 Å². The molecule has 0 radical (unpaired) electrons. The van der Waals surface area contributed by atoms with E-state index in [4.69, 9.17) is 0 Å². The predicted molar refractivity (Wildman–Crippen MR) is 104 cm³/mol. The number of amides is 1. The van der Waals surface area contributed by atoms with E-state index < -0.39 is 6.10 Å². The van der Waals surface area contributed by atoms with Crippen LogP contribution in [0.1, 0.15) is 50.2 Å². The maximum atomic E-state index is 12.5. The van der Waals surface area contributed by atoms with Crippen LogP contribution >= 0.6 is 0 Å². The Morgan fingerprint density at radius 2 is 1.88 bits per heavy atom. The van der Waals surface area contributed by atoms with Crippen LogP contribution in [0.5, 0.6) is 0 Å². The fourth-order valence-electron chi connectivity index (χ4n) is 4.18. The Morgan fingerprint density at radius 3 is 2.65 bits per heavy atom. The largest absolute Gasteiger partial charge is 0.388 e. The second kappa shape index (κ2) is 10.0. The Hall–Kier alpha value is -1.43. The molecule has 0 aromatic heterocycles. The van der Waals surface area contributed by atoms with Crippen LogP contribution in [0.2, 0.25) is 0 Å². The summed E-state index contributed by atoms with van der Waals surface area (Å²) < 4.78 is 0. The molecule has 2 fully saturated rings. The van der Waals surface area contributed by atoms with E-state index in [0.717, 1.165) is 57.7 Å². The van der Waals surface area contributed by atoms with Gasteiger partial charge in [-0.25, -0.2) is 0 Å². The Kier molecular flexibility index (Phi) is 7.47. The molecule has 26 heavy (non-hydrogen) atoms. The third kappa shape index (κ3) is 5.53. The molecule has 1 amide bonds. The number of nitrogens with zero attached hydrogens (tertiary/aromatic N) is 2. The Balaban J connectivity index is 1.55. The minimum atomic E-state index is -0.425. The van der Waals surface area contributed by atoms with Gasteiger partial charge >= 0.3 is 0 Å². The molecule has 2 saturated heterocycles. The average molecular weight is 360 g/mol. The summed E-state index contributed by atoms with van der Waals surface area (Å²) in [5.41, 5.74) is 0.994. The van der Waals surface area contributed by atoms with E-state index in [0.29, 0.717) is 12.5 Å². The van der Waals surface area contributed by atoms with E-state index in [1.54, 1.807) is 0 Å². The summed E-state index contributed by atoms with van der Waals surface area (Å²) in [5, 5.41) is 14.0. The molecule has 2 aliphatic heterocycles. The van der Waals surface area contributed by atoms with Gasteiger partial charge in [0, 0.05) is 45.2 Å². The van der Waals surface area contributed by atoms with Crippen molar-refractivity contribution in [1.82, 2.24) is 15.1 Å². The number of carbonyl (C=O) groups is 1. The summed E-state index contributed by atoms with van der Waals surface area (Å²) in [6.45, 7) is 5.32. The first kappa shape index (κ1) is 19.3. The first-order chi connectivity index (χ1) is 12.7. The molecule has 0 aliphatic carbocycles. The topological polar surface area (TPSA) is 55.8 Å². The standard InChI is InChI=1S/C21H33N3O2/c25-20(18-7-3-1-4-8-18)17-19-9-5-2-6-13-23(19)14-10-21(26)24-15-11-22-12-16-24/h1,3-4,7-8,19-20,22,25H,2,5-6,9-17H2. The maximum Gasteiger partial charge on any atom is 0.223 e. The van der Waals surface area contributed by atoms with Gasteiger partial charge in [0.25, 0.3) is 0 Å². The van der Waals surface area contributed by atoms with Crippen molar-refractivity contribution in [2.75, 3.05) is 39.3 Å². The zero-order valence-corrected chi connectivity index (χ0v) is 15.8. The highest BCUT2D eigenvalue weighted by molar-refractivity contribution is 5.76. The number of carbonyl (C=O) groups excluding carboxylic acids is 1. The summed E-state index contributed by atoms with van der Waals surface area (Å²) in [5.74, 6) is 0.276. The van der Waals surface area contributed by atoms with Crippen LogP contribution in [0.25, 0.3) is 0 Å². The van der Waals surface area contributed by atoms with Crippen LogP contribution in [0.3, 0.4) is 0 Å². The molecule has 2 N–H and O–H groups in total. The summed E-state index contributed by atoms with van der Waals surface area (Å²) >= 11 is 0. The van der Waals surface area contributed by atoms with Crippen LogP contribution in [0.4, 0.5) is 0 Å². The average Bonchev–Trinajstić information content (AvgIpc) is 2.92. The molecular formula is C21H33N3O2. The molecule has 5 nitrogen and oxygen atoms in total. The molecular weight excluding hydrogens is 326 g/mol. The van der Waals surface area contributed by atoms with Gasteiger partial charge < -0.3 is 15.3 Å². The summed E-state index contributed by atoms with van der Waals surface area (Å²) in [6.07, 6.45) is 5.70. The minimum absolute atomic E-state index is 0.276. The number of nitrogens with one attached hydrogen (secondary N) is 1. The highest BCUT2D eigenvalue weighted by Crippen LogP contribution is 2.26. The number of rotatable bonds is 6.